The topological polar surface area (TPSA) is 292 Å². The third-order valence-corrected chi connectivity index (χ3v) is 8.23. The van der Waals surface area contributed by atoms with Gasteiger partial charge in [-0.25, -0.2) is 19.2 Å². The Kier molecular flexibility index (Phi) is 19.8. The van der Waals surface area contributed by atoms with Crippen LogP contribution in [0.4, 0.5) is 0 Å². The van der Waals surface area contributed by atoms with E-state index in [1.165, 1.54) is 0 Å². The molecule has 0 spiro atoms. The Hall–Kier alpha value is -5.72. The predicted octanol–water partition coefficient (Wildman–Crippen LogP) is -0.699. The summed E-state index contributed by atoms with van der Waals surface area (Å²) in [6, 6.07) is 0. The summed E-state index contributed by atoms with van der Waals surface area (Å²) in [5, 5.41) is 1.46. The maximum absolute atomic E-state index is 12.3. The molecule has 0 aliphatic carbocycles. The van der Waals surface area contributed by atoms with Gasteiger partial charge >= 0.3 is 23.9 Å². The molecular weight excluding hydrogens is 796 g/mol. The molecule has 4 aliphatic rings. The minimum Gasteiger partial charge on any atom is -0.380 e. The van der Waals surface area contributed by atoms with Crippen molar-refractivity contribution in [2.45, 2.75) is 91.9 Å². The van der Waals surface area contributed by atoms with Crippen molar-refractivity contribution >= 4 is 71.1 Å². The van der Waals surface area contributed by atoms with Gasteiger partial charge in [0.1, 0.15) is 0 Å². The highest BCUT2D eigenvalue weighted by atomic mass is 16.7. The van der Waals surface area contributed by atoms with E-state index in [0.717, 1.165) is 0 Å². The van der Waals surface area contributed by atoms with Crippen molar-refractivity contribution in [3.8, 4) is 0 Å². The van der Waals surface area contributed by atoms with Gasteiger partial charge in [-0.3, -0.25) is 38.4 Å². The lowest BCUT2D eigenvalue weighted by molar-refractivity contribution is -0.199. The Morgan fingerprint density at radius 2 is 0.525 bits per heavy atom. The minimum absolute atomic E-state index is 0. The molecule has 0 aromatic rings. The zero-order valence-electron chi connectivity index (χ0n) is 30.6. The van der Waals surface area contributed by atoms with Crippen LogP contribution in [0.1, 0.15) is 91.9 Å². The number of carbonyl (C=O) groups excluding carboxylic acids is 12. The van der Waals surface area contributed by atoms with Crippen LogP contribution in [0.15, 0.2) is 0 Å². The van der Waals surface area contributed by atoms with Crippen molar-refractivity contribution in [1.82, 2.24) is 20.3 Å². The first kappa shape index (κ1) is 49.4. The fourth-order valence-corrected chi connectivity index (χ4v) is 5.25. The number of imide groups is 4. The molecule has 4 aliphatic heterocycles. The molecule has 4 rings (SSSR count). The fourth-order valence-electron chi connectivity index (χ4n) is 5.25. The van der Waals surface area contributed by atoms with Crippen molar-refractivity contribution in [1.29, 1.82) is 0 Å². The van der Waals surface area contributed by atoms with Gasteiger partial charge in [0.2, 0.25) is 0 Å². The number of amides is 8. The lowest BCUT2D eigenvalue weighted by atomic mass is 9.92. The predicted molar refractivity (Wildman–Crippen MR) is 186 cm³/mol. The highest BCUT2D eigenvalue weighted by molar-refractivity contribution is 6.03. The van der Waals surface area contributed by atoms with E-state index in [2.05, 4.69) is 0 Å². The second-order valence-corrected chi connectivity index (χ2v) is 12.9. The van der Waals surface area contributed by atoms with E-state index in [-0.39, 0.29) is 119 Å². The zero-order valence-corrected chi connectivity index (χ0v) is 30.6. The molecule has 0 radical (unpaired) electrons. The number of ether oxygens (including phenoxy) is 4. The second-order valence-electron chi connectivity index (χ2n) is 12.9. The molecule has 8 amide bonds. The van der Waals surface area contributed by atoms with Crippen LogP contribution in [0.2, 0.25) is 0 Å². The van der Waals surface area contributed by atoms with Crippen LogP contribution in [-0.4, -0.2) is 144 Å². The summed E-state index contributed by atoms with van der Waals surface area (Å²) >= 11 is 0. The second kappa shape index (κ2) is 23.6. The van der Waals surface area contributed by atoms with Gasteiger partial charge in [-0.1, -0.05) is 14.9 Å². The van der Waals surface area contributed by atoms with E-state index in [1.54, 1.807) is 0 Å². The molecule has 0 atom stereocenters. The number of hydrogen-bond donors (Lipinski definition) is 0. The van der Waals surface area contributed by atoms with Gasteiger partial charge < -0.3 is 38.3 Å². The van der Waals surface area contributed by atoms with Crippen molar-refractivity contribution in [2.75, 3.05) is 52.9 Å². The molecule has 0 aromatic carbocycles. The molecule has 0 bridgehead atoms. The Labute approximate surface area is 337 Å². The molecule has 0 unspecified atom stereocenters. The maximum atomic E-state index is 12.3. The quantitative estimate of drug-likeness (QED) is 0.0857. The average Bonchev–Trinajstić information content (AvgIpc) is 3.88. The summed E-state index contributed by atoms with van der Waals surface area (Å²) in [6.45, 7) is -2.72. The molecule has 0 N–H and O–H groups in total. The Morgan fingerprint density at radius 3 is 0.695 bits per heavy atom. The monoisotopic (exact) mass is 844 g/mol. The molecular formula is C35H48N4O20. The van der Waals surface area contributed by atoms with Crippen LogP contribution >= 0.6 is 0 Å². The number of carbonyl (C=O) groups is 12. The zero-order chi connectivity index (χ0) is 41.5. The van der Waals surface area contributed by atoms with E-state index in [0.29, 0.717) is 20.3 Å². The summed E-state index contributed by atoms with van der Waals surface area (Å²) < 4.78 is 22.8. The number of hydrogen-bond acceptors (Lipinski definition) is 20. The summed E-state index contributed by atoms with van der Waals surface area (Å²) in [5.74, 6) is -9.38. The first-order valence-corrected chi connectivity index (χ1v) is 17.8. The SMILES string of the molecule is C.C.O=C(CCOCC(COCCC(=O)ON1C(=O)CCC1=O)(COCCC(=O)ON1C(=O)CCC1=O)COCCC(=O)ON1C(=O)CCC1=O)ON1C(=O)CCC1=O. The van der Waals surface area contributed by atoms with E-state index in [4.69, 9.17) is 38.3 Å². The van der Waals surface area contributed by atoms with Crippen molar-refractivity contribution in [2.24, 2.45) is 5.41 Å². The Morgan fingerprint density at radius 1 is 0.356 bits per heavy atom. The molecule has 0 saturated carbocycles. The number of hydroxylamine groups is 8. The van der Waals surface area contributed by atoms with Crippen LogP contribution in [0, 0.1) is 5.41 Å². The molecule has 24 heteroatoms. The first-order chi connectivity index (χ1) is 27.2. The summed E-state index contributed by atoms with van der Waals surface area (Å²) in [7, 11) is 0. The van der Waals surface area contributed by atoms with Crippen LogP contribution < -0.4 is 0 Å². The van der Waals surface area contributed by atoms with Gasteiger partial charge in [0, 0.05) is 51.4 Å². The Balaban J connectivity index is 0.00000600. The van der Waals surface area contributed by atoms with Crippen LogP contribution in [0.3, 0.4) is 0 Å². The number of nitrogens with zero attached hydrogens (tertiary/aromatic N) is 4. The highest BCUT2D eigenvalue weighted by Gasteiger charge is 2.37. The van der Waals surface area contributed by atoms with E-state index < -0.39 is 102 Å². The number of rotatable bonds is 24. The van der Waals surface area contributed by atoms with Crippen molar-refractivity contribution in [3.05, 3.63) is 0 Å². The smallest absolute Gasteiger partial charge is 0.335 e. The van der Waals surface area contributed by atoms with E-state index in [9.17, 15) is 57.5 Å². The maximum Gasteiger partial charge on any atom is 0.335 e. The van der Waals surface area contributed by atoms with Crippen molar-refractivity contribution < 1.29 is 95.8 Å². The lowest BCUT2D eigenvalue weighted by Gasteiger charge is -2.33. The molecule has 328 valence electrons. The van der Waals surface area contributed by atoms with Gasteiger partial charge in [0.25, 0.3) is 47.3 Å². The fraction of sp³-hybridized carbons (Fsp3) is 0.657. The molecule has 24 nitrogen and oxygen atoms in total. The van der Waals surface area contributed by atoms with Crippen LogP contribution in [-0.2, 0) is 95.8 Å². The van der Waals surface area contributed by atoms with E-state index in [1.807, 2.05) is 0 Å². The van der Waals surface area contributed by atoms with Crippen molar-refractivity contribution in [3.63, 3.8) is 0 Å². The molecule has 4 saturated heterocycles. The van der Waals surface area contributed by atoms with Gasteiger partial charge in [-0.05, 0) is 0 Å². The molecule has 4 fully saturated rings. The largest absolute Gasteiger partial charge is 0.380 e. The lowest BCUT2D eigenvalue weighted by Crippen LogP contribution is -2.42. The van der Waals surface area contributed by atoms with Gasteiger partial charge in [-0.2, -0.15) is 0 Å². The van der Waals surface area contributed by atoms with Gasteiger partial charge in [-0.15, -0.1) is 20.3 Å². The Bertz CT molecular complexity index is 1350. The third-order valence-electron chi connectivity index (χ3n) is 8.23. The average molecular weight is 845 g/mol. The summed E-state index contributed by atoms with van der Waals surface area (Å²) in [4.78, 5) is 163. The normalized spacial score (nSPS) is 16.8. The van der Waals surface area contributed by atoms with Crippen LogP contribution in [0.25, 0.3) is 0 Å². The van der Waals surface area contributed by atoms with Gasteiger partial charge in [0.05, 0.1) is 84.0 Å². The molecule has 4 heterocycles. The standard InChI is InChI=1S/C33H40N4O20.2CH4/c38-21-1-2-22(39)34(21)54-29(46)9-13-50-17-33(18-51-14-10-30(47)55-35-23(40)3-4-24(35)41,19-52-15-11-31(48)56-36-25(42)5-6-26(36)43)20-53-16-12-32(49)57-37-27(44)7-8-28(37)45;;/h1-20H2;2*1H4. The van der Waals surface area contributed by atoms with Gasteiger partial charge in [0.15, 0.2) is 0 Å². The van der Waals surface area contributed by atoms with E-state index >= 15 is 0 Å². The molecule has 0 aromatic heterocycles. The highest BCUT2D eigenvalue weighted by Crippen LogP contribution is 2.23. The summed E-state index contributed by atoms with van der Waals surface area (Å²) in [6.07, 6.45) is -2.66. The minimum atomic E-state index is -1.37. The van der Waals surface area contributed by atoms with Crippen LogP contribution in [0.5, 0.6) is 0 Å². The molecule has 59 heavy (non-hydrogen) atoms. The summed E-state index contributed by atoms with van der Waals surface area (Å²) in [5.41, 5.74) is -1.37. The third kappa shape index (κ3) is 14.9. The first-order valence-electron chi connectivity index (χ1n) is 17.8.